The average molecular weight is 468 g/mol. The SMILES string of the molecule is NNC(=S)C1CCCC(c2nnc(NC(=O)Cc3cccc(N4CC(F)(F)C4)n3)s2)C1. The third kappa shape index (κ3) is 5.31. The number of halogens is 2. The number of hydrogen-bond acceptors (Lipinski definition) is 8. The quantitative estimate of drug-likeness (QED) is 0.338. The summed E-state index contributed by atoms with van der Waals surface area (Å²) < 4.78 is 26.2. The van der Waals surface area contributed by atoms with Gasteiger partial charge in [0.2, 0.25) is 11.0 Å². The Bertz CT molecular complexity index is 962. The molecule has 2 fully saturated rings. The molecule has 2 aromatic rings. The molecule has 1 saturated carbocycles. The molecule has 1 aliphatic heterocycles. The number of amides is 1. The van der Waals surface area contributed by atoms with E-state index in [1.165, 1.54) is 16.2 Å². The Kier molecular flexibility index (Phi) is 6.39. The second-order valence-corrected chi connectivity index (χ2v) is 9.39. The monoisotopic (exact) mass is 467 g/mol. The fraction of sp³-hybridized carbons (Fsp3) is 0.526. The minimum Gasteiger partial charge on any atom is -0.344 e. The van der Waals surface area contributed by atoms with E-state index < -0.39 is 5.92 Å². The van der Waals surface area contributed by atoms with Gasteiger partial charge in [-0.25, -0.2) is 13.8 Å². The van der Waals surface area contributed by atoms with Gasteiger partial charge in [0.1, 0.15) is 10.8 Å². The smallest absolute Gasteiger partial charge is 0.282 e. The Morgan fingerprint density at radius 2 is 2.13 bits per heavy atom. The third-order valence-electron chi connectivity index (χ3n) is 5.53. The number of hydrazine groups is 1. The van der Waals surface area contributed by atoms with E-state index in [1.54, 1.807) is 18.2 Å². The number of carbonyl (C=O) groups excluding carboxylic acids is 1. The molecule has 2 aromatic heterocycles. The number of nitrogens with one attached hydrogen (secondary N) is 2. The molecule has 31 heavy (non-hydrogen) atoms. The summed E-state index contributed by atoms with van der Waals surface area (Å²) in [7, 11) is 0. The van der Waals surface area contributed by atoms with Crippen molar-refractivity contribution < 1.29 is 13.6 Å². The maximum absolute atomic E-state index is 13.1. The van der Waals surface area contributed by atoms with Gasteiger partial charge in [0, 0.05) is 11.8 Å². The topological polar surface area (TPSA) is 109 Å². The zero-order valence-electron chi connectivity index (χ0n) is 16.7. The minimum absolute atomic E-state index is 0.0227. The number of aromatic nitrogens is 3. The highest BCUT2D eigenvalue weighted by Gasteiger charge is 2.44. The van der Waals surface area contributed by atoms with Crippen molar-refractivity contribution in [1.82, 2.24) is 20.6 Å². The Morgan fingerprint density at radius 1 is 1.32 bits per heavy atom. The number of nitrogens with zero attached hydrogens (tertiary/aromatic N) is 4. The first-order valence-electron chi connectivity index (χ1n) is 10.1. The first kappa shape index (κ1) is 21.9. The largest absolute Gasteiger partial charge is 0.344 e. The van der Waals surface area contributed by atoms with E-state index >= 15 is 0 Å². The van der Waals surface area contributed by atoms with E-state index in [-0.39, 0.29) is 37.3 Å². The molecule has 2 unspecified atom stereocenters. The zero-order valence-corrected chi connectivity index (χ0v) is 18.3. The summed E-state index contributed by atoms with van der Waals surface area (Å²) >= 11 is 6.64. The van der Waals surface area contributed by atoms with Gasteiger partial charge in [-0.2, -0.15) is 0 Å². The summed E-state index contributed by atoms with van der Waals surface area (Å²) in [5.41, 5.74) is 3.09. The van der Waals surface area contributed by atoms with Crippen molar-refractivity contribution in [1.29, 1.82) is 0 Å². The second-order valence-electron chi connectivity index (χ2n) is 7.94. The van der Waals surface area contributed by atoms with E-state index in [9.17, 15) is 13.6 Å². The van der Waals surface area contributed by atoms with Crippen molar-refractivity contribution in [3.63, 3.8) is 0 Å². The first-order chi connectivity index (χ1) is 14.8. The summed E-state index contributed by atoms with van der Waals surface area (Å²) in [6.07, 6.45) is 3.91. The van der Waals surface area contributed by atoms with Gasteiger partial charge in [0.15, 0.2) is 0 Å². The van der Waals surface area contributed by atoms with E-state index in [2.05, 4.69) is 25.9 Å². The van der Waals surface area contributed by atoms with Gasteiger partial charge in [0.25, 0.3) is 5.92 Å². The Balaban J connectivity index is 1.33. The van der Waals surface area contributed by atoms with Crippen molar-refractivity contribution >= 4 is 45.4 Å². The number of pyridine rings is 1. The summed E-state index contributed by atoms with van der Waals surface area (Å²) in [6.45, 7) is -0.700. The lowest BCUT2D eigenvalue weighted by molar-refractivity contribution is -0.115. The fourth-order valence-corrected chi connectivity index (χ4v) is 5.08. The molecule has 3 heterocycles. The fourth-order valence-electron chi connectivity index (χ4n) is 3.96. The number of hydrogen-bond donors (Lipinski definition) is 3. The van der Waals surface area contributed by atoms with Crippen LogP contribution in [0.25, 0.3) is 0 Å². The van der Waals surface area contributed by atoms with Gasteiger partial charge in [-0.1, -0.05) is 36.0 Å². The lowest BCUT2D eigenvalue weighted by Gasteiger charge is -2.39. The summed E-state index contributed by atoms with van der Waals surface area (Å²) in [6, 6.07) is 5.07. The third-order valence-corrected chi connectivity index (χ3v) is 6.98. The predicted molar refractivity (Wildman–Crippen MR) is 118 cm³/mol. The lowest BCUT2D eigenvalue weighted by atomic mass is 9.82. The van der Waals surface area contributed by atoms with Crippen molar-refractivity contribution in [3.8, 4) is 0 Å². The predicted octanol–water partition coefficient (Wildman–Crippen LogP) is 2.63. The zero-order chi connectivity index (χ0) is 22.0. The van der Waals surface area contributed by atoms with Crippen molar-refractivity contribution in [3.05, 3.63) is 28.9 Å². The lowest BCUT2D eigenvalue weighted by Crippen LogP contribution is -2.56. The number of thiocarbonyl (C=S) groups is 1. The highest BCUT2D eigenvalue weighted by molar-refractivity contribution is 7.80. The molecule has 2 atom stereocenters. The van der Waals surface area contributed by atoms with Crippen LogP contribution in [-0.4, -0.2) is 45.1 Å². The maximum Gasteiger partial charge on any atom is 0.282 e. The van der Waals surface area contributed by atoms with Crippen LogP contribution in [0.2, 0.25) is 0 Å². The second kappa shape index (κ2) is 9.05. The Morgan fingerprint density at radius 3 is 2.87 bits per heavy atom. The van der Waals surface area contributed by atoms with Crippen molar-refractivity contribution in [2.45, 2.75) is 43.9 Å². The van der Waals surface area contributed by atoms with Crippen LogP contribution in [-0.2, 0) is 11.2 Å². The Hall–Kier alpha value is -2.31. The average Bonchev–Trinajstić information content (AvgIpc) is 3.20. The number of rotatable bonds is 6. The van der Waals surface area contributed by atoms with Crippen LogP contribution in [0.15, 0.2) is 18.2 Å². The molecular formula is C19H23F2N7OS2. The molecule has 0 aromatic carbocycles. The van der Waals surface area contributed by atoms with E-state index in [0.717, 1.165) is 30.7 Å². The highest BCUT2D eigenvalue weighted by atomic mass is 32.1. The molecular weight excluding hydrogens is 444 g/mol. The molecule has 8 nitrogen and oxygen atoms in total. The van der Waals surface area contributed by atoms with Crippen LogP contribution in [0.1, 0.15) is 42.3 Å². The van der Waals surface area contributed by atoms with Gasteiger partial charge in [-0.05, 0) is 31.4 Å². The van der Waals surface area contributed by atoms with Crippen LogP contribution in [0.5, 0.6) is 0 Å². The normalized spacial score (nSPS) is 22.5. The van der Waals surface area contributed by atoms with Crippen LogP contribution in [0, 0.1) is 5.92 Å². The van der Waals surface area contributed by atoms with E-state index in [4.69, 9.17) is 18.1 Å². The first-order valence-corrected chi connectivity index (χ1v) is 11.3. The van der Waals surface area contributed by atoms with Gasteiger partial charge in [0.05, 0.1) is 30.2 Å². The van der Waals surface area contributed by atoms with Crippen molar-refractivity contribution in [2.24, 2.45) is 11.8 Å². The summed E-state index contributed by atoms with van der Waals surface area (Å²) in [5.74, 6) is 3.41. The number of anilines is 2. The van der Waals surface area contributed by atoms with Gasteiger partial charge < -0.3 is 15.6 Å². The summed E-state index contributed by atoms with van der Waals surface area (Å²) in [4.78, 5) is 18.9. The molecule has 4 rings (SSSR count). The van der Waals surface area contributed by atoms with Crippen LogP contribution < -0.4 is 21.5 Å². The molecule has 12 heteroatoms. The van der Waals surface area contributed by atoms with Crippen molar-refractivity contribution in [2.75, 3.05) is 23.3 Å². The van der Waals surface area contributed by atoms with E-state index in [1.807, 2.05) is 0 Å². The molecule has 1 aliphatic carbocycles. The molecule has 0 radical (unpaired) electrons. The number of carbonyl (C=O) groups is 1. The highest BCUT2D eigenvalue weighted by Crippen LogP contribution is 2.38. The maximum atomic E-state index is 13.1. The number of nitrogens with two attached hydrogens (primary N) is 1. The molecule has 2 aliphatic rings. The molecule has 166 valence electrons. The van der Waals surface area contributed by atoms with Gasteiger partial charge in [-0.3, -0.25) is 10.6 Å². The van der Waals surface area contributed by atoms with Crippen LogP contribution in [0.4, 0.5) is 19.7 Å². The standard InChI is InChI=1S/C19H23F2N7OS2/c20-19(21)9-28(10-19)14-6-2-5-13(23-14)8-15(29)24-18-27-26-17(31-18)12-4-1-3-11(7-12)16(30)25-22/h2,5-6,11-12H,1,3-4,7-10,22H2,(H,25,30)(H,24,27,29). The molecule has 0 bridgehead atoms. The molecule has 4 N–H and O–H groups in total. The molecule has 0 spiro atoms. The molecule has 1 saturated heterocycles. The minimum atomic E-state index is -2.67. The number of alkyl halides is 2. The molecule has 1 amide bonds. The van der Waals surface area contributed by atoms with Gasteiger partial charge in [-0.15, -0.1) is 10.2 Å². The van der Waals surface area contributed by atoms with Gasteiger partial charge >= 0.3 is 0 Å². The van der Waals surface area contributed by atoms with Crippen LogP contribution in [0.3, 0.4) is 0 Å². The van der Waals surface area contributed by atoms with Crippen LogP contribution >= 0.6 is 23.6 Å². The van der Waals surface area contributed by atoms with E-state index in [0.29, 0.717) is 21.6 Å². The Labute approximate surface area is 187 Å². The summed E-state index contributed by atoms with van der Waals surface area (Å²) in [5, 5.41) is 12.4.